The molecule has 0 unspecified atom stereocenters. The Labute approximate surface area is 108 Å². The van der Waals surface area contributed by atoms with Crippen LogP contribution in [0.5, 0.6) is 0 Å². The molecule has 0 amide bonds. The van der Waals surface area contributed by atoms with Crippen molar-refractivity contribution in [3.8, 4) is 0 Å². The van der Waals surface area contributed by atoms with E-state index in [1.807, 2.05) is 0 Å². The van der Waals surface area contributed by atoms with Crippen molar-refractivity contribution in [3.05, 3.63) is 29.6 Å². The number of aliphatic hydroxyl groups is 1. The second-order valence-corrected chi connectivity index (χ2v) is 5.34. The van der Waals surface area contributed by atoms with Crippen LogP contribution in [0.2, 0.25) is 0 Å². The third-order valence-electron chi connectivity index (χ3n) is 3.25. The maximum atomic E-state index is 8.88. The molecule has 0 aliphatic rings. The summed E-state index contributed by atoms with van der Waals surface area (Å²) in [6.45, 7) is 4.68. The molecule has 0 atom stereocenters. The molecule has 1 aromatic carbocycles. The van der Waals surface area contributed by atoms with Crippen LogP contribution in [0.3, 0.4) is 0 Å². The fraction of sp³-hybridized carbons (Fsp3) is 0.533. The quantitative estimate of drug-likeness (QED) is 0.881. The minimum atomic E-state index is 0.252. The van der Waals surface area contributed by atoms with Gasteiger partial charge < -0.3 is 9.67 Å². The van der Waals surface area contributed by atoms with E-state index >= 15 is 0 Å². The lowest BCUT2D eigenvalue weighted by Gasteiger charge is -2.05. The normalized spacial score (nSPS) is 11.6. The molecule has 0 bridgehead atoms. The molecule has 0 fully saturated rings. The maximum absolute atomic E-state index is 8.88. The molecule has 1 aromatic heterocycles. The summed E-state index contributed by atoms with van der Waals surface area (Å²) in [6.07, 6.45) is 2.76. The molecule has 3 heteroatoms. The lowest BCUT2D eigenvalue weighted by Crippen LogP contribution is -2.02. The Balaban J connectivity index is 2.34. The Morgan fingerprint density at radius 3 is 2.78 bits per heavy atom. The topological polar surface area (TPSA) is 38.1 Å². The summed E-state index contributed by atoms with van der Waals surface area (Å²) in [5.74, 6) is 1.77. The van der Waals surface area contributed by atoms with Gasteiger partial charge in [-0.05, 0) is 36.5 Å². The Morgan fingerprint density at radius 2 is 2.11 bits per heavy atom. The van der Waals surface area contributed by atoms with Crippen LogP contribution in [0.1, 0.15) is 31.7 Å². The van der Waals surface area contributed by atoms with Crippen molar-refractivity contribution < 1.29 is 5.11 Å². The zero-order chi connectivity index (χ0) is 13.1. The van der Waals surface area contributed by atoms with Crippen molar-refractivity contribution in [3.63, 3.8) is 0 Å². The van der Waals surface area contributed by atoms with E-state index in [2.05, 4.69) is 48.6 Å². The predicted octanol–water partition coefficient (Wildman–Crippen LogP) is 2.70. The molecular formula is C15H22N2O. The second kappa shape index (κ2) is 5.53. The third-order valence-corrected chi connectivity index (χ3v) is 3.25. The third kappa shape index (κ3) is 2.72. The number of nitrogens with zero attached hydrogens (tertiary/aromatic N) is 2. The van der Waals surface area contributed by atoms with Gasteiger partial charge in [0.15, 0.2) is 0 Å². The summed E-state index contributed by atoms with van der Waals surface area (Å²) in [5.41, 5.74) is 3.54. The summed E-state index contributed by atoms with van der Waals surface area (Å²) in [5, 5.41) is 8.88. The first-order valence-electron chi connectivity index (χ1n) is 6.67. The van der Waals surface area contributed by atoms with Crippen LogP contribution in [0, 0.1) is 5.92 Å². The maximum Gasteiger partial charge on any atom is 0.109 e. The highest BCUT2D eigenvalue weighted by Crippen LogP contribution is 2.19. The number of hydrogen-bond acceptors (Lipinski definition) is 2. The molecular weight excluding hydrogens is 224 g/mol. The Bertz CT molecular complexity index is 529. The molecule has 0 spiro atoms. The van der Waals surface area contributed by atoms with Crippen molar-refractivity contribution in [2.75, 3.05) is 6.61 Å². The van der Waals surface area contributed by atoms with Crippen LogP contribution in [0.4, 0.5) is 0 Å². The summed E-state index contributed by atoms with van der Waals surface area (Å²) >= 11 is 0. The van der Waals surface area contributed by atoms with Crippen LogP contribution < -0.4 is 0 Å². The second-order valence-electron chi connectivity index (χ2n) is 5.34. The van der Waals surface area contributed by atoms with Crippen LogP contribution in [0.25, 0.3) is 11.0 Å². The van der Waals surface area contributed by atoms with Crippen LogP contribution in [-0.2, 0) is 19.9 Å². The van der Waals surface area contributed by atoms with Crippen molar-refractivity contribution in [1.82, 2.24) is 9.55 Å². The number of fused-ring (bicyclic) bond motifs is 1. The Hall–Kier alpha value is -1.35. The number of rotatable bonds is 5. The number of imidazole rings is 1. The SMILES string of the molecule is CC(C)Cc1nc2ccc(CCCO)cc2n1C. The average Bonchev–Trinajstić information content (AvgIpc) is 2.63. The molecule has 3 nitrogen and oxygen atoms in total. The van der Waals surface area contributed by atoms with E-state index in [1.165, 1.54) is 11.1 Å². The van der Waals surface area contributed by atoms with Gasteiger partial charge in [-0.25, -0.2) is 4.98 Å². The highest BCUT2D eigenvalue weighted by Gasteiger charge is 2.09. The largest absolute Gasteiger partial charge is 0.396 e. The summed E-state index contributed by atoms with van der Waals surface area (Å²) in [6, 6.07) is 6.40. The average molecular weight is 246 g/mol. The lowest BCUT2D eigenvalue weighted by molar-refractivity contribution is 0.288. The fourth-order valence-electron chi connectivity index (χ4n) is 2.27. The number of hydrogen-bond donors (Lipinski definition) is 1. The summed E-state index contributed by atoms with van der Waals surface area (Å²) < 4.78 is 2.19. The van der Waals surface area contributed by atoms with Crippen molar-refractivity contribution in [1.29, 1.82) is 0 Å². The van der Waals surface area contributed by atoms with E-state index in [1.54, 1.807) is 0 Å². The first kappa shape index (κ1) is 13.1. The number of aryl methyl sites for hydroxylation is 2. The fourth-order valence-corrected chi connectivity index (χ4v) is 2.27. The van der Waals surface area contributed by atoms with E-state index < -0.39 is 0 Å². The van der Waals surface area contributed by atoms with E-state index in [4.69, 9.17) is 5.11 Å². The zero-order valence-corrected chi connectivity index (χ0v) is 11.5. The number of aromatic nitrogens is 2. The van der Waals surface area contributed by atoms with Gasteiger partial charge >= 0.3 is 0 Å². The molecule has 0 radical (unpaired) electrons. The Morgan fingerprint density at radius 1 is 1.33 bits per heavy atom. The molecule has 2 rings (SSSR count). The molecule has 0 aliphatic carbocycles. The van der Waals surface area contributed by atoms with Gasteiger partial charge in [-0.2, -0.15) is 0 Å². The van der Waals surface area contributed by atoms with Gasteiger partial charge in [0.25, 0.3) is 0 Å². The molecule has 1 heterocycles. The van der Waals surface area contributed by atoms with Gasteiger partial charge in [0.05, 0.1) is 11.0 Å². The Kier molecular flexibility index (Phi) is 4.02. The lowest BCUT2D eigenvalue weighted by atomic mass is 10.1. The van der Waals surface area contributed by atoms with Crippen molar-refractivity contribution in [2.24, 2.45) is 13.0 Å². The van der Waals surface area contributed by atoms with Gasteiger partial charge in [-0.1, -0.05) is 19.9 Å². The van der Waals surface area contributed by atoms with Gasteiger partial charge in [0.2, 0.25) is 0 Å². The van der Waals surface area contributed by atoms with Gasteiger partial charge in [-0.3, -0.25) is 0 Å². The minimum Gasteiger partial charge on any atom is -0.396 e. The predicted molar refractivity (Wildman–Crippen MR) is 74.7 cm³/mol. The van der Waals surface area contributed by atoms with E-state index in [-0.39, 0.29) is 6.61 Å². The molecule has 98 valence electrons. The molecule has 0 saturated carbocycles. The molecule has 0 aliphatic heterocycles. The molecule has 1 N–H and O–H groups in total. The van der Waals surface area contributed by atoms with Gasteiger partial charge in [-0.15, -0.1) is 0 Å². The van der Waals surface area contributed by atoms with E-state index in [0.29, 0.717) is 5.92 Å². The van der Waals surface area contributed by atoms with E-state index in [9.17, 15) is 0 Å². The molecule has 0 saturated heterocycles. The zero-order valence-electron chi connectivity index (χ0n) is 11.5. The van der Waals surface area contributed by atoms with Gasteiger partial charge in [0, 0.05) is 20.1 Å². The number of aliphatic hydroxyl groups excluding tert-OH is 1. The van der Waals surface area contributed by atoms with E-state index in [0.717, 1.165) is 30.6 Å². The van der Waals surface area contributed by atoms with Crippen molar-refractivity contribution >= 4 is 11.0 Å². The molecule has 18 heavy (non-hydrogen) atoms. The summed E-state index contributed by atoms with van der Waals surface area (Å²) in [4.78, 5) is 4.69. The smallest absolute Gasteiger partial charge is 0.109 e. The van der Waals surface area contributed by atoms with Crippen LogP contribution in [-0.4, -0.2) is 21.3 Å². The standard InChI is InChI=1S/C15H22N2O/c1-11(2)9-15-16-13-7-6-12(5-4-8-18)10-14(13)17(15)3/h6-7,10-11,18H,4-5,8-9H2,1-3H3. The van der Waals surface area contributed by atoms with Crippen LogP contribution >= 0.6 is 0 Å². The van der Waals surface area contributed by atoms with Gasteiger partial charge in [0.1, 0.15) is 5.82 Å². The summed E-state index contributed by atoms with van der Waals surface area (Å²) in [7, 11) is 2.09. The monoisotopic (exact) mass is 246 g/mol. The highest BCUT2D eigenvalue weighted by molar-refractivity contribution is 5.76. The highest BCUT2D eigenvalue weighted by atomic mass is 16.2. The first-order chi connectivity index (χ1) is 8.61. The first-order valence-corrected chi connectivity index (χ1v) is 6.67. The molecule has 2 aromatic rings. The van der Waals surface area contributed by atoms with Crippen LogP contribution in [0.15, 0.2) is 18.2 Å². The van der Waals surface area contributed by atoms with Crippen molar-refractivity contribution in [2.45, 2.75) is 33.1 Å². The number of benzene rings is 1. The minimum absolute atomic E-state index is 0.252.